The van der Waals surface area contributed by atoms with Crippen LogP contribution in [0.25, 0.3) is 0 Å². The number of benzene rings is 3. The summed E-state index contributed by atoms with van der Waals surface area (Å²) >= 11 is 0. The number of carbonyl (C=O) groups excluding carboxylic acids is 3. The second-order valence-electron chi connectivity index (χ2n) is 9.47. The molecule has 0 aliphatic carbocycles. The van der Waals surface area contributed by atoms with Crippen LogP contribution >= 0.6 is 0 Å². The third-order valence-electron chi connectivity index (χ3n) is 6.67. The summed E-state index contributed by atoms with van der Waals surface area (Å²) in [5.41, 5.74) is 3.49. The predicted octanol–water partition coefficient (Wildman–Crippen LogP) is 5.23. The Morgan fingerprint density at radius 1 is 0.975 bits per heavy atom. The fourth-order valence-electron chi connectivity index (χ4n) is 4.53. The van der Waals surface area contributed by atoms with E-state index in [1.165, 1.54) is 11.2 Å². The van der Waals surface area contributed by atoms with E-state index in [1.54, 1.807) is 67.8 Å². The van der Waals surface area contributed by atoms with Gasteiger partial charge in [0.05, 0.1) is 26.5 Å². The van der Waals surface area contributed by atoms with Gasteiger partial charge in [0.2, 0.25) is 5.91 Å². The average Bonchev–Trinajstić information content (AvgIpc) is 3.61. The summed E-state index contributed by atoms with van der Waals surface area (Å²) < 4.78 is 16.3. The molecule has 2 N–H and O–H groups in total. The molecule has 0 unspecified atom stereocenters. The van der Waals surface area contributed by atoms with Gasteiger partial charge in [0.25, 0.3) is 5.91 Å². The van der Waals surface area contributed by atoms with Crippen molar-refractivity contribution >= 4 is 23.6 Å². The Labute approximate surface area is 231 Å². The maximum atomic E-state index is 13.5. The van der Waals surface area contributed by atoms with E-state index in [4.69, 9.17) is 13.9 Å². The molecule has 2 heterocycles. The molecule has 1 fully saturated rings. The molecular formula is C31H29N3O6. The van der Waals surface area contributed by atoms with Crippen LogP contribution in [0.1, 0.15) is 38.9 Å². The molecule has 1 aliphatic heterocycles. The highest BCUT2D eigenvalue weighted by Gasteiger charge is 2.47. The molecule has 0 radical (unpaired) electrons. The highest BCUT2D eigenvalue weighted by Crippen LogP contribution is 2.35. The Morgan fingerprint density at radius 2 is 1.75 bits per heavy atom. The summed E-state index contributed by atoms with van der Waals surface area (Å²) in [5, 5.41) is 5.73. The molecule has 3 amide bonds. The SMILES string of the molecule is COc1ccc(C(=O)Nc2cccc([C@H]3OC(=O)N(Cc4ccc(C)cc4)[C@H]3C(=O)NCc3ccco3)c2)cc1. The lowest BCUT2D eigenvalue weighted by atomic mass is 10.00. The third kappa shape index (κ3) is 5.99. The molecule has 204 valence electrons. The molecule has 9 heteroatoms. The van der Waals surface area contributed by atoms with Gasteiger partial charge in [-0.25, -0.2) is 4.79 Å². The number of rotatable bonds is 9. The van der Waals surface area contributed by atoms with Crippen molar-refractivity contribution in [3.8, 4) is 5.75 Å². The van der Waals surface area contributed by atoms with E-state index >= 15 is 0 Å². The number of carbonyl (C=O) groups is 3. The van der Waals surface area contributed by atoms with Crippen LogP contribution in [-0.4, -0.2) is 36.0 Å². The minimum Gasteiger partial charge on any atom is -0.497 e. The first kappa shape index (κ1) is 26.6. The van der Waals surface area contributed by atoms with E-state index in [2.05, 4.69) is 10.6 Å². The van der Waals surface area contributed by atoms with Gasteiger partial charge in [-0.2, -0.15) is 0 Å². The first-order valence-corrected chi connectivity index (χ1v) is 12.8. The molecule has 0 bridgehead atoms. The zero-order valence-electron chi connectivity index (χ0n) is 22.1. The Balaban J connectivity index is 1.39. The normalized spacial score (nSPS) is 16.4. The molecule has 1 aliphatic rings. The van der Waals surface area contributed by atoms with Crippen LogP contribution in [0.15, 0.2) is 95.6 Å². The molecule has 4 aromatic rings. The van der Waals surface area contributed by atoms with Gasteiger partial charge in [0, 0.05) is 11.3 Å². The zero-order chi connectivity index (χ0) is 28.1. The number of cyclic esters (lactones) is 1. The van der Waals surface area contributed by atoms with E-state index in [9.17, 15) is 14.4 Å². The number of hydrogen-bond donors (Lipinski definition) is 2. The first-order valence-electron chi connectivity index (χ1n) is 12.8. The number of furan rings is 1. The number of ether oxygens (including phenoxy) is 2. The smallest absolute Gasteiger partial charge is 0.411 e. The first-order chi connectivity index (χ1) is 19.4. The van der Waals surface area contributed by atoms with Gasteiger partial charge in [-0.3, -0.25) is 14.5 Å². The number of anilines is 1. The van der Waals surface area contributed by atoms with Crippen LogP contribution in [0.5, 0.6) is 5.75 Å². The van der Waals surface area contributed by atoms with E-state index in [0.717, 1.165) is 11.1 Å². The number of hydrogen-bond acceptors (Lipinski definition) is 6. The van der Waals surface area contributed by atoms with E-state index in [-0.39, 0.29) is 24.9 Å². The van der Waals surface area contributed by atoms with E-state index in [0.29, 0.717) is 28.3 Å². The topological polar surface area (TPSA) is 110 Å². The molecule has 2 atom stereocenters. The lowest BCUT2D eigenvalue weighted by molar-refractivity contribution is -0.126. The van der Waals surface area contributed by atoms with Crippen molar-refractivity contribution in [2.45, 2.75) is 32.2 Å². The van der Waals surface area contributed by atoms with Crippen molar-refractivity contribution < 1.29 is 28.3 Å². The lowest BCUT2D eigenvalue weighted by Gasteiger charge is -2.24. The maximum absolute atomic E-state index is 13.5. The monoisotopic (exact) mass is 539 g/mol. The molecule has 0 saturated carbocycles. The Kier molecular flexibility index (Phi) is 7.82. The fourth-order valence-corrected chi connectivity index (χ4v) is 4.53. The summed E-state index contributed by atoms with van der Waals surface area (Å²) in [7, 11) is 1.56. The van der Waals surface area contributed by atoms with E-state index < -0.39 is 18.2 Å². The standard InChI is InChI=1S/C31H29N3O6/c1-20-8-10-21(11-9-20)19-34-27(30(36)32-18-26-7-4-16-39-26)28(40-31(34)37)23-5-3-6-24(17-23)33-29(35)22-12-14-25(38-2)15-13-22/h3-17,27-28H,18-19H2,1-2H3,(H,32,36)(H,33,35)/t27-,28-/m1/s1. The minimum atomic E-state index is -0.948. The third-order valence-corrected chi connectivity index (χ3v) is 6.67. The Bertz CT molecular complexity index is 1480. The van der Waals surface area contributed by atoms with E-state index in [1.807, 2.05) is 31.2 Å². The van der Waals surface area contributed by atoms with Gasteiger partial charge in [-0.15, -0.1) is 0 Å². The van der Waals surface area contributed by atoms with Crippen LogP contribution in [0.3, 0.4) is 0 Å². The van der Waals surface area contributed by atoms with Crippen LogP contribution < -0.4 is 15.4 Å². The highest BCUT2D eigenvalue weighted by molar-refractivity contribution is 6.04. The van der Waals surface area contributed by atoms with Crippen molar-refractivity contribution in [1.29, 1.82) is 0 Å². The Hall–Kier alpha value is -5.05. The quantitative estimate of drug-likeness (QED) is 0.302. The number of nitrogens with one attached hydrogen (secondary N) is 2. The largest absolute Gasteiger partial charge is 0.497 e. The van der Waals surface area contributed by atoms with Crippen molar-refractivity contribution in [1.82, 2.24) is 10.2 Å². The number of nitrogens with zero attached hydrogens (tertiary/aromatic N) is 1. The van der Waals surface area contributed by atoms with Crippen molar-refractivity contribution in [2.75, 3.05) is 12.4 Å². The van der Waals surface area contributed by atoms with Gasteiger partial charge in [0.1, 0.15) is 11.5 Å². The van der Waals surface area contributed by atoms with Crippen molar-refractivity contribution in [2.24, 2.45) is 0 Å². The number of methoxy groups -OCH3 is 1. The fraction of sp³-hybridized carbons (Fsp3) is 0.194. The number of aryl methyl sites for hydroxylation is 1. The van der Waals surface area contributed by atoms with Gasteiger partial charge in [0.15, 0.2) is 12.1 Å². The minimum absolute atomic E-state index is 0.166. The molecule has 3 aromatic carbocycles. The zero-order valence-corrected chi connectivity index (χ0v) is 22.1. The average molecular weight is 540 g/mol. The van der Waals surface area contributed by atoms with Gasteiger partial charge in [-0.05, 0) is 66.6 Å². The van der Waals surface area contributed by atoms with Gasteiger partial charge < -0.3 is 24.5 Å². The molecule has 5 rings (SSSR count). The molecule has 9 nitrogen and oxygen atoms in total. The molecule has 40 heavy (non-hydrogen) atoms. The summed E-state index contributed by atoms with van der Waals surface area (Å²) in [6.07, 6.45) is 0.0332. The van der Waals surface area contributed by atoms with Crippen LogP contribution in [-0.2, 0) is 22.6 Å². The molecule has 1 saturated heterocycles. The molecule has 0 spiro atoms. The highest BCUT2D eigenvalue weighted by atomic mass is 16.6. The predicted molar refractivity (Wildman–Crippen MR) is 148 cm³/mol. The number of amides is 3. The van der Waals surface area contributed by atoms with Gasteiger partial charge >= 0.3 is 6.09 Å². The summed E-state index contributed by atoms with van der Waals surface area (Å²) in [5.74, 6) is 0.542. The summed E-state index contributed by atoms with van der Waals surface area (Å²) in [6, 6.07) is 24.0. The Morgan fingerprint density at radius 3 is 2.45 bits per heavy atom. The molecular weight excluding hydrogens is 510 g/mol. The van der Waals surface area contributed by atoms with Crippen LogP contribution in [0, 0.1) is 6.92 Å². The van der Waals surface area contributed by atoms with Crippen molar-refractivity contribution in [3.63, 3.8) is 0 Å². The second kappa shape index (κ2) is 11.8. The maximum Gasteiger partial charge on any atom is 0.411 e. The molecule has 1 aromatic heterocycles. The lowest BCUT2D eigenvalue weighted by Crippen LogP contribution is -2.46. The summed E-state index contributed by atoms with van der Waals surface area (Å²) in [4.78, 5) is 40.9. The second-order valence-corrected chi connectivity index (χ2v) is 9.47. The van der Waals surface area contributed by atoms with Gasteiger partial charge in [-0.1, -0.05) is 42.0 Å². The van der Waals surface area contributed by atoms with Crippen molar-refractivity contribution in [3.05, 3.63) is 119 Å². The summed E-state index contributed by atoms with van der Waals surface area (Å²) in [6.45, 7) is 2.34. The van der Waals surface area contributed by atoms with Crippen LogP contribution in [0.2, 0.25) is 0 Å². The van der Waals surface area contributed by atoms with Crippen LogP contribution in [0.4, 0.5) is 10.5 Å².